The zero-order valence-corrected chi connectivity index (χ0v) is 10.1. The van der Waals surface area contributed by atoms with Crippen LogP contribution in [0.4, 0.5) is 0 Å². The van der Waals surface area contributed by atoms with Crippen LogP contribution in [-0.2, 0) is 17.8 Å². The van der Waals surface area contributed by atoms with Gasteiger partial charge >= 0.3 is 5.97 Å². The number of rotatable bonds is 5. The van der Waals surface area contributed by atoms with Gasteiger partial charge in [0.25, 0.3) is 0 Å². The Morgan fingerprint density at radius 1 is 1.50 bits per heavy atom. The Bertz CT molecular complexity index is 371. The van der Waals surface area contributed by atoms with Crippen LogP contribution in [0, 0.1) is 11.3 Å². The van der Waals surface area contributed by atoms with Crippen LogP contribution < -0.4 is 0 Å². The van der Waals surface area contributed by atoms with Gasteiger partial charge < -0.3 is 5.11 Å². The first-order valence-corrected chi connectivity index (χ1v) is 5.31. The molecule has 0 aromatic carbocycles. The highest BCUT2D eigenvalue weighted by atomic mass is 16.4. The maximum Gasteiger partial charge on any atom is 0.310 e. The molecule has 0 aliphatic carbocycles. The van der Waals surface area contributed by atoms with Crippen molar-refractivity contribution in [3.8, 4) is 0 Å². The number of nitrogens with zero attached hydrogens (tertiary/aromatic N) is 4. The summed E-state index contributed by atoms with van der Waals surface area (Å²) < 4.78 is 1.58. The normalized spacial score (nSPS) is 12.1. The number of tetrazole rings is 1. The monoisotopic (exact) mass is 226 g/mol. The maximum atomic E-state index is 11.0. The number of carbonyl (C=O) groups is 1. The van der Waals surface area contributed by atoms with E-state index in [2.05, 4.69) is 29.4 Å². The number of carboxylic acid groups (broad SMARTS) is 1. The standard InChI is InChI=1S/C10H18N4O2/c1-7(2)5-8-11-12-13-14(8)6-10(3,4)9(15)16/h7H,5-6H2,1-4H3,(H,15,16). The van der Waals surface area contributed by atoms with Crippen molar-refractivity contribution in [1.82, 2.24) is 20.2 Å². The molecule has 16 heavy (non-hydrogen) atoms. The summed E-state index contributed by atoms with van der Waals surface area (Å²) in [7, 11) is 0. The third-order valence-corrected chi connectivity index (χ3v) is 2.32. The second kappa shape index (κ2) is 4.59. The van der Waals surface area contributed by atoms with E-state index in [0.29, 0.717) is 5.92 Å². The third-order valence-electron chi connectivity index (χ3n) is 2.32. The average molecular weight is 226 g/mol. The molecule has 0 aliphatic rings. The average Bonchev–Trinajstić information content (AvgIpc) is 2.50. The van der Waals surface area contributed by atoms with Crippen LogP contribution in [0.2, 0.25) is 0 Å². The van der Waals surface area contributed by atoms with E-state index in [1.807, 2.05) is 0 Å². The second-order valence-corrected chi connectivity index (χ2v) is 5.04. The molecule has 6 heteroatoms. The fraction of sp³-hybridized carbons (Fsp3) is 0.800. The smallest absolute Gasteiger partial charge is 0.310 e. The quantitative estimate of drug-likeness (QED) is 0.809. The lowest BCUT2D eigenvalue weighted by molar-refractivity contribution is -0.147. The summed E-state index contributed by atoms with van der Waals surface area (Å²) in [6, 6.07) is 0. The number of carboxylic acids is 1. The second-order valence-electron chi connectivity index (χ2n) is 5.04. The molecular weight excluding hydrogens is 208 g/mol. The molecule has 1 heterocycles. The zero-order valence-electron chi connectivity index (χ0n) is 10.1. The minimum absolute atomic E-state index is 0.289. The summed E-state index contributed by atoms with van der Waals surface area (Å²) in [5.41, 5.74) is -0.860. The van der Waals surface area contributed by atoms with Gasteiger partial charge in [0.05, 0.1) is 12.0 Å². The SMILES string of the molecule is CC(C)Cc1nnnn1CC(C)(C)C(=O)O. The van der Waals surface area contributed by atoms with Crippen molar-refractivity contribution in [3.05, 3.63) is 5.82 Å². The highest BCUT2D eigenvalue weighted by molar-refractivity contribution is 5.73. The maximum absolute atomic E-state index is 11.0. The Morgan fingerprint density at radius 3 is 2.62 bits per heavy atom. The molecule has 0 bridgehead atoms. The summed E-state index contributed by atoms with van der Waals surface area (Å²) in [5.74, 6) is 0.334. The molecule has 1 N–H and O–H groups in total. The minimum atomic E-state index is -0.860. The zero-order chi connectivity index (χ0) is 12.3. The fourth-order valence-corrected chi connectivity index (χ4v) is 1.30. The van der Waals surface area contributed by atoms with E-state index in [9.17, 15) is 4.79 Å². The first-order chi connectivity index (χ1) is 7.33. The van der Waals surface area contributed by atoms with Gasteiger partial charge in [0.15, 0.2) is 5.82 Å². The minimum Gasteiger partial charge on any atom is -0.481 e. The van der Waals surface area contributed by atoms with Crippen LogP contribution in [-0.4, -0.2) is 31.3 Å². The van der Waals surface area contributed by atoms with Crippen LogP contribution in [0.3, 0.4) is 0 Å². The van der Waals surface area contributed by atoms with E-state index in [4.69, 9.17) is 5.11 Å². The van der Waals surface area contributed by atoms with Gasteiger partial charge in [0.2, 0.25) is 0 Å². The highest BCUT2D eigenvalue weighted by Gasteiger charge is 2.29. The van der Waals surface area contributed by atoms with Gasteiger partial charge in [-0.15, -0.1) is 5.10 Å². The first kappa shape index (κ1) is 12.6. The third kappa shape index (κ3) is 3.01. The van der Waals surface area contributed by atoms with Crippen LogP contribution in [0.15, 0.2) is 0 Å². The van der Waals surface area contributed by atoms with Gasteiger partial charge in [-0.2, -0.15) is 0 Å². The van der Waals surface area contributed by atoms with E-state index >= 15 is 0 Å². The van der Waals surface area contributed by atoms with Crippen molar-refractivity contribution in [2.75, 3.05) is 0 Å². The summed E-state index contributed by atoms with van der Waals surface area (Å²) in [4.78, 5) is 11.0. The Labute approximate surface area is 94.7 Å². The van der Waals surface area contributed by atoms with Gasteiger partial charge in [0.1, 0.15) is 0 Å². The Kier molecular flexibility index (Phi) is 3.62. The van der Waals surface area contributed by atoms with Crippen LogP contribution >= 0.6 is 0 Å². The predicted octanol–water partition coefficient (Wildman–Crippen LogP) is 0.982. The largest absolute Gasteiger partial charge is 0.481 e. The Hall–Kier alpha value is -1.46. The molecule has 0 aliphatic heterocycles. The number of hydrogen-bond acceptors (Lipinski definition) is 4. The summed E-state index contributed by atoms with van der Waals surface area (Å²) in [6.07, 6.45) is 0.753. The van der Waals surface area contributed by atoms with E-state index in [0.717, 1.165) is 12.2 Å². The van der Waals surface area contributed by atoms with Gasteiger partial charge in [-0.1, -0.05) is 13.8 Å². The Morgan fingerprint density at radius 2 is 2.12 bits per heavy atom. The number of aromatic nitrogens is 4. The van der Waals surface area contributed by atoms with Crippen molar-refractivity contribution in [1.29, 1.82) is 0 Å². The van der Waals surface area contributed by atoms with Crippen molar-refractivity contribution in [2.45, 2.75) is 40.7 Å². The molecule has 0 saturated heterocycles. The summed E-state index contributed by atoms with van der Waals surface area (Å²) >= 11 is 0. The molecule has 1 aromatic rings. The topological polar surface area (TPSA) is 80.9 Å². The Balaban J connectivity index is 2.81. The lowest BCUT2D eigenvalue weighted by atomic mass is 9.94. The molecule has 0 saturated carbocycles. The number of hydrogen-bond donors (Lipinski definition) is 1. The van der Waals surface area contributed by atoms with Gasteiger partial charge in [0, 0.05) is 6.42 Å². The first-order valence-electron chi connectivity index (χ1n) is 5.31. The van der Waals surface area contributed by atoms with Crippen LogP contribution in [0.5, 0.6) is 0 Å². The molecule has 0 spiro atoms. The van der Waals surface area contributed by atoms with E-state index in [-0.39, 0.29) is 6.54 Å². The van der Waals surface area contributed by atoms with Crippen molar-refractivity contribution >= 4 is 5.97 Å². The lowest BCUT2D eigenvalue weighted by Gasteiger charge is -2.19. The number of aliphatic carboxylic acids is 1. The molecule has 6 nitrogen and oxygen atoms in total. The fourth-order valence-electron chi connectivity index (χ4n) is 1.30. The molecule has 0 amide bonds. The molecule has 0 atom stereocenters. The van der Waals surface area contributed by atoms with Crippen molar-refractivity contribution in [2.24, 2.45) is 11.3 Å². The molecule has 0 unspecified atom stereocenters. The molecular formula is C10H18N4O2. The summed E-state index contributed by atoms with van der Waals surface area (Å²) in [6.45, 7) is 7.76. The highest BCUT2D eigenvalue weighted by Crippen LogP contribution is 2.18. The van der Waals surface area contributed by atoms with Crippen molar-refractivity contribution < 1.29 is 9.90 Å². The van der Waals surface area contributed by atoms with Crippen LogP contribution in [0.1, 0.15) is 33.5 Å². The van der Waals surface area contributed by atoms with E-state index in [1.165, 1.54) is 0 Å². The van der Waals surface area contributed by atoms with E-state index < -0.39 is 11.4 Å². The lowest BCUT2D eigenvalue weighted by Crippen LogP contribution is -2.30. The molecule has 1 rings (SSSR count). The molecule has 0 fully saturated rings. The van der Waals surface area contributed by atoms with E-state index in [1.54, 1.807) is 18.5 Å². The predicted molar refractivity (Wildman–Crippen MR) is 57.8 cm³/mol. The van der Waals surface area contributed by atoms with Gasteiger partial charge in [-0.05, 0) is 30.2 Å². The van der Waals surface area contributed by atoms with Gasteiger partial charge in [-0.3, -0.25) is 4.79 Å². The molecule has 0 radical (unpaired) electrons. The molecule has 1 aromatic heterocycles. The van der Waals surface area contributed by atoms with Crippen molar-refractivity contribution in [3.63, 3.8) is 0 Å². The molecule has 90 valence electrons. The summed E-state index contributed by atoms with van der Waals surface area (Å²) in [5, 5.41) is 20.4. The van der Waals surface area contributed by atoms with Crippen LogP contribution in [0.25, 0.3) is 0 Å². The van der Waals surface area contributed by atoms with Gasteiger partial charge in [-0.25, -0.2) is 4.68 Å².